The fraction of sp³-hybridized carbons (Fsp3) is 0. The topological polar surface area (TPSA) is 51.2 Å². The van der Waals surface area contributed by atoms with E-state index in [2.05, 4.69) is 47.8 Å². The number of benzene rings is 4. The summed E-state index contributed by atoms with van der Waals surface area (Å²) in [4.78, 5) is 39.7. The normalized spacial score (nSPS) is 10.6. The molecule has 0 amide bonds. The van der Waals surface area contributed by atoms with Gasteiger partial charge in [0.2, 0.25) is 0 Å². The molecule has 4 aromatic rings. The van der Waals surface area contributed by atoms with Crippen molar-refractivity contribution in [2.75, 3.05) is 0 Å². The molecule has 0 N–H and O–H groups in total. The predicted octanol–water partition coefficient (Wildman–Crippen LogP) is 7.67. The summed E-state index contributed by atoms with van der Waals surface area (Å²) in [5.41, 5.74) is 2.23. The van der Waals surface area contributed by atoms with Crippen molar-refractivity contribution >= 4 is 65.1 Å². The van der Waals surface area contributed by atoms with E-state index in [0.29, 0.717) is 16.7 Å². The van der Waals surface area contributed by atoms with Gasteiger partial charge in [0.15, 0.2) is 17.3 Å². The summed E-state index contributed by atoms with van der Waals surface area (Å²) in [6.45, 7) is 0. The third kappa shape index (κ3) is 5.46. The van der Waals surface area contributed by atoms with Gasteiger partial charge < -0.3 is 0 Å². The molecule has 0 aliphatic rings. The minimum absolute atomic E-state index is 0.266. The summed E-state index contributed by atoms with van der Waals surface area (Å²) < 4.78 is 2.55. The maximum atomic E-state index is 13.2. The van der Waals surface area contributed by atoms with Crippen molar-refractivity contribution in [2.24, 2.45) is 0 Å². The van der Waals surface area contributed by atoms with Gasteiger partial charge in [0.25, 0.3) is 0 Å². The Labute approximate surface area is 216 Å². The first-order valence-corrected chi connectivity index (χ1v) is 12.3. The molecule has 0 atom stereocenters. The lowest BCUT2D eigenvalue weighted by atomic mass is 9.92. The lowest BCUT2D eigenvalue weighted by Crippen LogP contribution is -2.10. The molecule has 4 rings (SSSR count). The zero-order valence-electron chi connectivity index (χ0n) is 17.0. The maximum absolute atomic E-state index is 13.2. The van der Waals surface area contributed by atoms with E-state index < -0.39 is 0 Å². The van der Waals surface area contributed by atoms with E-state index in [0.717, 1.165) is 13.4 Å². The minimum atomic E-state index is -0.266. The van der Waals surface area contributed by atoms with E-state index in [9.17, 15) is 14.4 Å². The second kappa shape index (κ2) is 10.1. The summed E-state index contributed by atoms with van der Waals surface area (Å²) in [5.74, 6) is -0.798. The number of rotatable bonds is 6. The molecule has 0 fully saturated rings. The highest BCUT2D eigenvalue weighted by atomic mass is 79.9. The second-order valence-corrected chi connectivity index (χ2v) is 10.1. The largest absolute Gasteiger partial charge is 0.289 e. The van der Waals surface area contributed by atoms with Gasteiger partial charge >= 0.3 is 0 Å². The smallest absolute Gasteiger partial charge is 0.193 e. The van der Waals surface area contributed by atoms with Crippen molar-refractivity contribution < 1.29 is 14.4 Å². The number of hydrogen-bond acceptors (Lipinski definition) is 3. The van der Waals surface area contributed by atoms with Crippen molar-refractivity contribution in [3.8, 4) is 0 Å². The Hall–Kier alpha value is -2.67. The third-order valence-corrected chi connectivity index (χ3v) is 6.62. The van der Waals surface area contributed by atoms with Crippen LogP contribution in [0.2, 0.25) is 0 Å². The maximum Gasteiger partial charge on any atom is 0.193 e. The average molecular weight is 627 g/mol. The molecule has 0 unspecified atom stereocenters. The van der Waals surface area contributed by atoms with Crippen LogP contribution >= 0.6 is 47.8 Å². The van der Waals surface area contributed by atoms with Crippen LogP contribution in [0.4, 0.5) is 0 Å². The van der Waals surface area contributed by atoms with E-state index in [1.54, 1.807) is 91.0 Å². The van der Waals surface area contributed by atoms with E-state index in [4.69, 9.17) is 0 Å². The molecule has 0 saturated heterocycles. The molecule has 0 bridgehead atoms. The highest BCUT2D eigenvalue weighted by Gasteiger charge is 2.19. The van der Waals surface area contributed by atoms with Gasteiger partial charge in [-0.1, -0.05) is 47.8 Å². The molecular weight excluding hydrogens is 612 g/mol. The zero-order valence-corrected chi connectivity index (χ0v) is 21.8. The summed E-state index contributed by atoms with van der Waals surface area (Å²) in [5, 5.41) is 0. The lowest BCUT2D eigenvalue weighted by Gasteiger charge is -2.10. The van der Waals surface area contributed by atoms with Crippen molar-refractivity contribution in [2.45, 2.75) is 0 Å². The number of hydrogen-bond donors (Lipinski definition) is 0. The van der Waals surface area contributed by atoms with Gasteiger partial charge in [0.05, 0.1) is 0 Å². The Morgan fingerprint density at radius 3 is 0.788 bits per heavy atom. The van der Waals surface area contributed by atoms with Crippen LogP contribution in [0.5, 0.6) is 0 Å². The first-order chi connectivity index (χ1) is 15.8. The lowest BCUT2D eigenvalue weighted by molar-refractivity contribution is 0.103. The van der Waals surface area contributed by atoms with Gasteiger partial charge in [-0.2, -0.15) is 0 Å². The fourth-order valence-electron chi connectivity index (χ4n) is 3.32. The molecule has 0 aliphatic heterocycles. The molecule has 162 valence electrons. The molecule has 6 heteroatoms. The molecule has 33 heavy (non-hydrogen) atoms. The molecule has 0 aromatic heterocycles. The molecule has 0 spiro atoms. The summed E-state index contributed by atoms with van der Waals surface area (Å²) in [6, 6.07) is 25.5. The first-order valence-electron chi connectivity index (χ1n) is 9.88. The molecule has 0 radical (unpaired) electrons. The van der Waals surface area contributed by atoms with Crippen LogP contribution in [-0.4, -0.2) is 17.3 Å². The SMILES string of the molecule is O=C(c1ccc(Br)cc1)c1cc(C(=O)c2ccc(Br)cc2)cc(C(=O)c2ccc(Br)cc2)c1. The predicted molar refractivity (Wildman–Crippen MR) is 139 cm³/mol. The van der Waals surface area contributed by atoms with Crippen LogP contribution in [0.15, 0.2) is 104 Å². The Morgan fingerprint density at radius 2 is 0.576 bits per heavy atom. The van der Waals surface area contributed by atoms with Crippen molar-refractivity contribution in [3.63, 3.8) is 0 Å². The van der Waals surface area contributed by atoms with E-state index in [1.807, 2.05) is 0 Å². The highest BCUT2D eigenvalue weighted by Crippen LogP contribution is 2.22. The Balaban J connectivity index is 1.81. The van der Waals surface area contributed by atoms with Crippen molar-refractivity contribution in [1.29, 1.82) is 0 Å². The molecule has 4 aromatic carbocycles. The van der Waals surface area contributed by atoms with Gasteiger partial charge in [-0.15, -0.1) is 0 Å². The molecule has 0 heterocycles. The number of carbonyl (C=O) groups is 3. The highest BCUT2D eigenvalue weighted by molar-refractivity contribution is 9.11. The molecule has 3 nitrogen and oxygen atoms in total. The van der Waals surface area contributed by atoms with Crippen LogP contribution in [0.1, 0.15) is 47.8 Å². The average Bonchev–Trinajstić information content (AvgIpc) is 2.84. The van der Waals surface area contributed by atoms with Crippen molar-refractivity contribution in [3.05, 3.63) is 138 Å². The monoisotopic (exact) mass is 624 g/mol. The van der Waals surface area contributed by atoms with Crippen LogP contribution < -0.4 is 0 Å². The zero-order chi connectivity index (χ0) is 23.5. The van der Waals surface area contributed by atoms with Crippen LogP contribution in [-0.2, 0) is 0 Å². The summed E-state index contributed by atoms with van der Waals surface area (Å²) in [7, 11) is 0. The summed E-state index contributed by atoms with van der Waals surface area (Å²) in [6.07, 6.45) is 0. The third-order valence-electron chi connectivity index (χ3n) is 5.04. The Kier molecular flexibility index (Phi) is 7.17. The minimum Gasteiger partial charge on any atom is -0.289 e. The number of halogens is 3. The Bertz CT molecular complexity index is 1180. The second-order valence-electron chi connectivity index (χ2n) is 7.31. The number of ketones is 3. The first kappa shape index (κ1) is 23.5. The van der Waals surface area contributed by atoms with Gasteiger partial charge in [0, 0.05) is 46.8 Å². The van der Waals surface area contributed by atoms with Crippen LogP contribution in [0.3, 0.4) is 0 Å². The summed E-state index contributed by atoms with van der Waals surface area (Å²) >= 11 is 10.1. The van der Waals surface area contributed by atoms with Gasteiger partial charge in [-0.25, -0.2) is 0 Å². The quantitative estimate of drug-likeness (QED) is 0.207. The standard InChI is InChI=1S/C27H15Br3O3/c28-22-7-1-16(2-8-22)25(31)19-13-20(26(32)17-3-9-23(29)10-4-17)15-21(14-19)27(33)18-5-11-24(30)12-6-18/h1-15H. The van der Waals surface area contributed by atoms with Gasteiger partial charge in [-0.05, 0) is 91.0 Å². The molecule has 0 saturated carbocycles. The van der Waals surface area contributed by atoms with Gasteiger partial charge in [-0.3, -0.25) is 14.4 Å². The molecule has 0 aliphatic carbocycles. The van der Waals surface area contributed by atoms with Crippen LogP contribution in [0.25, 0.3) is 0 Å². The fourth-order valence-corrected chi connectivity index (χ4v) is 4.12. The van der Waals surface area contributed by atoms with Gasteiger partial charge in [0.1, 0.15) is 0 Å². The van der Waals surface area contributed by atoms with E-state index in [1.165, 1.54) is 0 Å². The van der Waals surface area contributed by atoms with Crippen LogP contribution in [0, 0.1) is 0 Å². The van der Waals surface area contributed by atoms with Crippen molar-refractivity contribution in [1.82, 2.24) is 0 Å². The Morgan fingerprint density at radius 1 is 0.364 bits per heavy atom. The molecular formula is C27H15Br3O3. The van der Waals surface area contributed by atoms with E-state index >= 15 is 0 Å². The van der Waals surface area contributed by atoms with E-state index in [-0.39, 0.29) is 34.0 Å². The number of carbonyl (C=O) groups excluding carboxylic acids is 3.